The number of nitrogens with one attached hydrogen (secondary N) is 1. The maximum atomic E-state index is 12.4. The highest BCUT2D eigenvalue weighted by Gasteiger charge is 2.21. The minimum absolute atomic E-state index is 0.0484. The average molecular weight is 320 g/mol. The summed E-state index contributed by atoms with van der Waals surface area (Å²) in [6.07, 6.45) is 1.40. The molecule has 0 aliphatic carbocycles. The molecule has 1 amide bonds. The first-order valence-electron chi connectivity index (χ1n) is 6.83. The molecule has 2 rings (SSSR count). The molecule has 122 valence electrons. The van der Waals surface area contributed by atoms with Gasteiger partial charge in [-0.15, -0.1) is 0 Å². The normalized spacial score (nSPS) is 10.6. The van der Waals surface area contributed by atoms with Gasteiger partial charge in [0.05, 0.1) is 12.3 Å². The molecule has 0 bridgehead atoms. The van der Waals surface area contributed by atoms with Crippen molar-refractivity contribution in [3.8, 4) is 0 Å². The van der Waals surface area contributed by atoms with Crippen molar-refractivity contribution in [2.24, 2.45) is 14.1 Å². The lowest BCUT2D eigenvalue weighted by atomic mass is 10.2. The lowest BCUT2D eigenvalue weighted by molar-refractivity contribution is -0.152. The number of fused-ring (bicyclic) bond motifs is 1. The highest BCUT2D eigenvalue weighted by Crippen LogP contribution is 2.21. The number of carbonyl (C=O) groups is 2. The third-order valence-electron chi connectivity index (χ3n) is 3.36. The van der Waals surface area contributed by atoms with Crippen LogP contribution in [0.3, 0.4) is 0 Å². The maximum Gasteiger partial charge on any atom is 0.397 e. The van der Waals surface area contributed by atoms with Gasteiger partial charge in [-0.25, -0.2) is 14.6 Å². The fourth-order valence-electron chi connectivity index (χ4n) is 2.15. The first-order valence-corrected chi connectivity index (χ1v) is 6.83. The zero-order chi connectivity index (χ0) is 17.3. The van der Waals surface area contributed by atoms with Crippen molar-refractivity contribution < 1.29 is 14.3 Å². The Labute approximate surface area is 130 Å². The molecule has 2 aromatic rings. The topological polar surface area (TPSA) is 112 Å². The van der Waals surface area contributed by atoms with E-state index in [1.54, 1.807) is 13.8 Å². The number of pyridine rings is 1. The highest BCUT2D eigenvalue weighted by atomic mass is 16.5. The van der Waals surface area contributed by atoms with Crippen molar-refractivity contribution in [2.75, 3.05) is 11.9 Å². The second-order valence-electron chi connectivity index (χ2n) is 4.90. The van der Waals surface area contributed by atoms with Gasteiger partial charge in [-0.2, -0.15) is 0 Å². The van der Waals surface area contributed by atoms with E-state index in [1.807, 2.05) is 0 Å². The summed E-state index contributed by atoms with van der Waals surface area (Å²) in [6.45, 7) is 3.25. The van der Waals surface area contributed by atoms with Crippen LogP contribution in [-0.4, -0.2) is 32.6 Å². The molecule has 0 unspecified atom stereocenters. The number of aryl methyl sites for hydroxylation is 2. The largest absolute Gasteiger partial charge is 0.459 e. The fourth-order valence-corrected chi connectivity index (χ4v) is 2.15. The van der Waals surface area contributed by atoms with Crippen LogP contribution in [0.2, 0.25) is 0 Å². The Bertz CT molecular complexity index is 925. The number of hydrogen-bond donors (Lipinski definition) is 1. The number of carbonyl (C=O) groups excluding carboxylic acids is 2. The number of rotatable bonds is 2. The minimum Gasteiger partial charge on any atom is -0.459 e. The van der Waals surface area contributed by atoms with Crippen molar-refractivity contribution in [3.05, 3.63) is 32.6 Å². The van der Waals surface area contributed by atoms with E-state index in [0.717, 1.165) is 4.57 Å². The van der Waals surface area contributed by atoms with E-state index in [1.165, 1.54) is 24.9 Å². The summed E-state index contributed by atoms with van der Waals surface area (Å²) in [6, 6.07) is 0. The molecule has 0 aromatic carbocycles. The van der Waals surface area contributed by atoms with Gasteiger partial charge in [0.1, 0.15) is 5.39 Å². The van der Waals surface area contributed by atoms with E-state index in [4.69, 9.17) is 0 Å². The first-order chi connectivity index (χ1) is 10.8. The van der Waals surface area contributed by atoms with Crippen LogP contribution in [0.15, 0.2) is 15.8 Å². The minimum atomic E-state index is -1.06. The van der Waals surface area contributed by atoms with E-state index in [0.29, 0.717) is 5.56 Å². The van der Waals surface area contributed by atoms with Crippen molar-refractivity contribution in [3.63, 3.8) is 0 Å². The van der Waals surface area contributed by atoms with Crippen LogP contribution in [0.1, 0.15) is 12.5 Å². The van der Waals surface area contributed by atoms with Crippen LogP contribution in [0.25, 0.3) is 11.0 Å². The van der Waals surface area contributed by atoms with Crippen LogP contribution < -0.4 is 16.6 Å². The van der Waals surface area contributed by atoms with Crippen molar-refractivity contribution in [1.29, 1.82) is 0 Å². The Balaban J connectivity index is 2.72. The average Bonchev–Trinajstić information content (AvgIpc) is 2.52. The fraction of sp³-hybridized carbons (Fsp3) is 0.357. The predicted octanol–water partition coefficient (Wildman–Crippen LogP) is -0.558. The number of amides is 1. The summed E-state index contributed by atoms with van der Waals surface area (Å²) >= 11 is 0. The van der Waals surface area contributed by atoms with Crippen LogP contribution in [-0.2, 0) is 28.4 Å². The first kappa shape index (κ1) is 16.4. The summed E-state index contributed by atoms with van der Waals surface area (Å²) in [7, 11) is 2.78. The lowest BCUT2D eigenvalue weighted by Crippen LogP contribution is -2.38. The van der Waals surface area contributed by atoms with Crippen LogP contribution in [0.5, 0.6) is 0 Å². The predicted molar refractivity (Wildman–Crippen MR) is 82.2 cm³/mol. The van der Waals surface area contributed by atoms with E-state index in [2.05, 4.69) is 15.0 Å². The van der Waals surface area contributed by atoms with Gasteiger partial charge in [0.15, 0.2) is 5.65 Å². The van der Waals surface area contributed by atoms with Gasteiger partial charge >= 0.3 is 17.6 Å². The second kappa shape index (κ2) is 6.03. The molecule has 0 radical (unpaired) electrons. The number of esters is 1. The summed E-state index contributed by atoms with van der Waals surface area (Å²) < 4.78 is 6.72. The standard InChI is InChI=1S/C14H16N4O5/c1-5-23-13(21)11(19)16-9-7(2)6-15-10-8(9)12(20)18(4)14(22)17(10)3/h6H,5H2,1-4H3,(H,15,16,19). The molecule has 9 nitrogen and oxygen atoms in total. The van der Waals surface area contributed by atoms with Gasteiger partial charge in [-0.05, 0) is 19.4 Å². The molecule has 2 heterocycles. The quantitative estimate of drug-likeness (QED) is 0.586. The molecule has 0 aliphatic heterocycles. The van der Waals surface area contributed by atoms with Gasteiger partial charge in [-0.1, -0.05) is 0 Å². The molecule has 0 spiro atoms. The van der Waals surface area contributed by atoms with Crippen LogP contribution in [0.4, 0.5) is 5.69 Å². The van der Waals surface area contributed by atoms with E-state index in [9.17, 15) is 19.2 Å². The van der Waals surface area contributed by atoms with Gasteiger partial charge in [0.25, 0.3) is 5.56 Å². The smallest absolute Gasteiger partial charge is 0.397 e. The van der Waals surface area contributed by atoms with Crippen molar-refractivity contribution >= 4 is 28.6 Å². The molecule has 0 aliphatic rings. The molecular formula is C14H16N4O5. The molecular weight excluding hydrogens is 304 g/mol. The highest BCUT2D eigenvalue weighted by molar-refractivity contribution is 6.38. The van der Waals surface area contributed by atoms with Gasteiger partial charge in [-0.3, -0.25) is 18.7 Å². The number of aromatic nitrogens is 3. The SMILES string of the molecule is CCOC(=O)C(=O)Nc1c(C)cnc2c1c(=O)n(C)c(=O)n2C. The van der Waals surface area contributed by atoms with Gasteiger partial charge < -0.3 is 10.1 Å². The molecule has 0 saturated heterocycles. The molecule has 0 saturated carbocycles. The Hall–Kier alpha value is -2.97. The zero-order valence-electron chi connectivity index (χ0n) is 13.2. The van der Waals surface area contributed by atoms with Crippen molar-refractivity contribution in [1.82, 2.24) is 14.1 Å². The third-order valence-corrected chi connectivity index (χ3v) is 3.36. The Morgan fingerprint density at radius 3 is 2.52 bits per heavy atom. The molecule has 0 fully saturated rings. The maximum absolute atomic E-state index is 12.4. The van der Waals surface area contributed by atoms with E-state index in [-0.39, 0.29) is 23.3 Å². The molecule has 1 N–H and O–H groups in total. The molecule has 2 aromatic heterocycles. The van der Waals surface area contributed by atoms with Crippen LogP contribution in [0, 0.1) is 6.92 Å². The molecule has 0 atom stereocenters. The van der Waals surface area contributed by atoms with Crippen LogP contribution >= 0.6 is 0 Å². The van der Waals surface area contributed by atoms with E-state index >= 15 is 0 Å². The lowest BCUT2D eigenvalue weighted by Gasteiger charge is -2.13. The van der Waals surface area contributed by atoms with E-state index < -0.39 is 23.1 Å². The second-order valence-corrected chi connectivity index (χ2v) is 4.90. The summed E-state index contributed by atoms with van der Waals surface area (Å²) in [5, 5.41) is 2.42. The van der Waals surface area contributed by atoms with Gasteiger partial charge in [0, 0.05) is 20.3 Å². The van der Waals surface area contributed by atoms with Gasteiger partial charge in [0.2, 0.25) is 0 Å². The molecule has 9 heteroatoms. The monoisotopic (exact) mass is 320 g/mol. The summed E-state index contributed by atoms with van der Waals surface area (Å²) in [5.74, 6) is -2.06. The number of hydrogen-bond acceptors (Lipinski definition) is 6. The third kappa shape index (κ3) is 2.72. The zero-order valence-corrected chi connectivity index (χ0v) is 13.2. The number of anilines is 1. The Morgan fingerprint density at radius 2 is 1.91 bits per heavy atom. The number of nitrogens with zero attached hydrogens (tertiary/aromatic N) is 3. The summed E-state index contributed by atoms with van der Waals surface area (Å²) in [5.41, 5.74) is -0.432. The summed E-state index contributed by atoms with van der Waals surface area (Å²) in [4.78, 5) is 51.7. The Kier molecular flexibility index (Phi) is 4.30. The Morgan fingerprint density at radius 1 is 1.26 bits per heavy atom. The number of ether oxygens (including phenoxy) is 1. The molecule has 23 heavy (non-hydrogen) atoms. The van der Waals surface area contributed by atoms with Crippen molar-refractivity contribution in [2.45, 2.75) is 13.8 Å².